The first-order chi connectivity index (χ1) is 13.4. The van der Waals surface area contributed by atoms with E-state index < -0.39 is 41.3 Å². The van der Waals surface area contributed by atoms with E-state index in [2.05, 4.69) is 10.6 Å². The molecule has 1 aromatic carbocycles. The summed E-state index contributed by atoms with van der Waals surface area (Å²) in [6.07, 6.45) is -0.820. The maximum Gasteiger partial charge on any atom is 0.417 e. The summed E-state index contributed by atoms with van der Waals surface area (Å²) in [5, 5.41) is 5.65. The fraction of sp³-hybridized carbons (Fsp3) is 0.571. The average molecular weight is 405 g/mol. The van der Waals surface area contributed by atoms with Gasteiger partial charge in [0, 0.05) is 0 Å². The van der Waals surface area contributed by atoms with Gasteiger partial charge in [-0.1, -0.05) is 30.3 Å². The molecule has 2 atom stereocenters. The van der Waals surface area contributed by atoms with E-state index in [0.29, 0.717) is 6.42 Å². The average Bonchev–Trinajstić information content (AvgIpc) is 2.94. The van der Waals surface area contributed by atoms with Crippen molar-refractivity contribution in [2.45, 2.75) is 64.3 Å². The molecule has 8 heteroatoms. The number of imide groups is 1. The summed E-state index contributed by atoms with van der Waals surface area (Å²) in [5.41, 5.74) is -0.687. The van der Waals surface area contributed by atoms with Crippen LogP contribution in [-0.2, 0) is 20.7 Å². The van der Waals surface area contributed by atoms with E-state index in [1.807, 2.05) is 30.3 Å². The van der Waals surface area contributed by atoms with Gasteiger partial charge in [0.1, 0.15) is 18.2 Å². The third kappa shape index (κ3) is 5.93. The number of amides is 3. The Morgan fingerprint density at radius 1 is 1.21 bits per heavy atom. The van der Waals surface area contributed by atoms with E-state index in [1.165, 1.54) is 0 Å². The fourth-order valence-electron chi connectivity index (χ4n) is 3.34. The molecule has 2 N–H and O–H groups in total. The number of ether oxygens (including phenoxy) is 2. The highest BCUT2D eigenvalue weighted by Gasteiger charge is 2.45. The molecule has 0 saturated carbocycles. The number of hydrogen-bond acceptors (Lipinski definition) is 6. The van der Waals surface area contributed by atoms with Crippen molar-refractivity contribution in [2.24, 2.45) is 0 Å². The van der Waals surface area contributed by atoms with Crippen molar-refractivity contribution < 1.29 is 23.9 Å². The molecule has 0 aliphatic carbocycles. The molecule has 29 heavy (non-hydrogen) atoms. The summed E-state index contributed by atoms with van der Waals surface area (Å²) < 4.78 is 10.5. The quantitative estimate of drug-likeness (QED) is 0.755. The molecule has 0 aromatic heterocycles. The largest absolute Gasteiger partial charge is 0.447 e. The third-order valence-electron chi connectivity index (χ3n) is 4.59. The summed E-state index contributed by atoms with van der Waals surface area (Å²) in [6, 6.07) is 8.33. The standard InChI is InChI=1S/C21H31N3O5/c1-20(2,3)29-18(26)23-21(4,5)16(22-6)17(25)24-15(13-28-19(24)27)12-14-10-8-7-9-11-14/h7-11,15-16,22H,12-13H2,1-6H3,(H,23,26)/t15-,16-/m1/s1. The molecule has 1 aliphatic heterocycles. The Bertz CT molecular complexity index is 742. The molecule has 2 rings (SSSR count). The lowest BCUT2D eigenvalue weighted by Gasteiger charge is -2.36. The number of rotatable bonds is 6. The number of alkyl carbamates (subject to hydrolysis) is 1. The molecule has 0 bridgehead atoms. The molecular formula is C21H31N3O5. The molecule has 1 fully saturated rings. The Labute approximate surface area is 171 Å². The molecular weight excluding hydrogens is 374 g/mol. The lowest BCUT2D eigenvalue weighted by molar-refractivity contribution is -0.133. The van der Waals surface area contributed by atoms with Gasteiger partial charge in [-0.25, -0.2) is 14.5 Å². The Kier molecular flexibility index (Phi) is 6.89. The molecule has 1 saturated heterocycles. The Morgan fingerprint density at radius 2 is 1.83 bits per heavy atom. The maximum absolute atomic E-state index is 13.3. The van der Waals surface area contributed by atoms with Crippen LogP contribution in [0.4, 0.5) is 9.59 Å². The van der Waals surface area contributed by atoms with Crippen LogP contribution >= 0.6 is 0 Å². The zero-order chi connectivity index (χ0) is 21.8. The highest BCUT2D eigenvalue weighted by Crippen LogP contribution is 2.22. The second-order valence-corrected chi connectivity index (χ2v) is 8.70. The highest BCUT2D eigenvalue weighted by atomic mass is 16.6. The molecule has 160 valence electrons. The number of hydrogen-bond donors (Lipinski definition) is 2. The van der Waals surface area contributed by atoms with Gasteiger partial charge in [-0.2, -0.15) is 0 Å². The van der Waals surface area contributed by atoms with Crippen molar-refractivity contribution >= 4 is 18.1 Å². The van der Waals surface area contributed by atoms with Crippen LogP contribution in [0, 0.1) is 0 Å². The zero-order valence-corrected chi connectivity index (χ0v) is 17.9. The van der Waals surface area contributed by atoms with Gasteiger partial charge < -0.3 is 20.1 Å². The number of likely N-dealkylation sites (N-methyl/N-ethyl adjacent to an activating group) is 1. The van der Waals surface area contributed by atoms with Crippen LogP contribution in [0.1, 0.15) is 40.2 Å². The van der Waals surface area contributed by atoms with Gasteiger partial charge in [0.05, 0.1) is 11.6 Å². The van der Waals surface area contributed by atoms with E-state index in [1.54, 1.807) is 41.7 Å². The minimum atomic E-state index is -1.02. The van der Waals surface area contributed by atoms with Crippen molar-refractivity contribution in [3.05, 3.63) is 35.9 Å². The molecule has 3 amide bonds. The predicted octanol–water partition coefficient (Wildman–Crippen LogP) is 2.47. The van der Waals surface area contributed by atoms with Crippen molar-refractivity contribution in [2.75, 3.05) is 13.7 Å². The fourth-order valence-corrected chi connectivity index (χ4v) is 3.34. The normalized spacial score (nSPS) is 18.2. The van der Waals surface area contributed by atoms with Crippen LogP contribution in [0.15, 0.2) is 30.3 Å². The first-order valence-electron chi connectivity index (χ1n) is 9.67. The van der Waals surface area contributed by atoms with Gasteiger partial charge in [-0.15, -0.1) is 0 Å². The van der Waals surface area contributed by atoms with Gasteiger partial charge in [-0.05, 0) is 53.7 Å². The number of benzene rings is 1. The van der Waals surface area contributed by atoms with E-state index >= 15 is 0 Å². The lowest BCUT2D eigenvalue weighted by atomic mass is 9.92. The van der Waals surface area contributed by atoms with E-state index in [0.717, 1.165) is 10.5 Å². The molecule has 0 unspecified atom stereocenters. The number of nitrogens with zero attached hydrogens (tertiary/aromatic N) is 1. The summed E-state index contributed by atoms with van der Waals surface area (Å²) in [7, 11) is 1.61. The van der Waals surface area contributed by atoms with Crippen LogP contribution in [0.2, 0.25) is 0 Å². The van der Waals surface area contributed by atoms with E-state index in [-0.39, 0.29) is 6.61 Å². The van der Waals surface area contributed by atoms with Crippen molar-refractivity contribution in [3.8, 4) is 0 Å². The zero-order valence-electron chi connectivity index (χ0n) is 17.9. The molecule has 0 radical (unpaired) electrons. The van der Waals surface area contributed by atoms with Crippen molar-refractivity contribution in [3.63, 3.8) is 0 Å². The summed E-state index contributed by atoms with van der Waals surface area (Å²) in [5.74, 6) is -0.461. The van der Waals surface area contributed by atoms with Gasteiger partial charge >= 0.3 is 12.2 Å². The van der Waals surface area contributed by atoms with E-state index in [9.17, 15) is 14.4 Å². The van der Waals surface area contributed by atoms with Gasteiger partial charge in [0.2, 0.25) is 0 Å². The molecule has 0 spiro atoms. The van der Waals surface area contributed by atoms with Crippen LogP contribution < -0.4 is 10.6 Å². The Morgan fingerprint density at radius 3 is 2.38 bits per heavy atom. The summed E-state index contributed by atoms with van der Waals surface area (Å²) in [6.45, 7) is 8.81. The van der Waals surface area contributed by atoms with Crippen LogP contribution in [0.25, 0.3) is 0 Å². The van der Waals surface area contributed by atoms with Crippen molar-refractivity contribution in [1.29, 1.82) is 0 Å². The van der Waals surface area contributed by atoms with Crippen LogP contribution in [-0.4, -0.2) is 59.9 Å². The Hall–Kier alpha value is -2.61. The van der Waals surface area contributed by atoms with Gasteiger partial charge in [-0.3, -0.25) is 4.79 Å². The van der Waals surface area contributed by atoms with Crippen molar-refractivity contribution in [1.82, 2.24) is 15.5 Å². The van der Waals surface area contributed by atoms with E-state index in [4.69, 9.17) is 9.47 Å². The first-order valence-corrected chi connectivity index (χ1v) is 9.67. The topological polar surface area (TPSA) is 97.0 Å². The minimum Gasteiger partial charge on any atom is -0.447 e. The second-order valence-electron chi connectivity index (χ2n) is 8.70. The molecule has 1 heterocycles. The summed E-state index contributed by atoms with van der Waals surface area (Å²) in [4.78, 5) is 39.0. The second kappa shape index (κ2) is 8.82. The molecule has 1 aliphatic rings. The minimum absolute atomic E-state index is 0.135. The molecule has 8 nitrogen and oxygen atoms in total. The Balaban J connectivity index is 2.16. The maximum atomic E-state index is 13.3. The van der Waals surface area contributed by atoms with Gasteiger partial charge in [0.15, 0.2) is 0 Å². The predicted molar refractivity (Wildman–Crippen MR) is 108 cm³/mol. The van der Waals surface area contributed by atoms with Crippen LogP contribution in [0.5, 0.6) is 0 Å². The highest BCUT2D eigenvalue weighted by molar-refractivity contribution is 5.97. The molecule has 1 aromatic rings. The SMILES string of the molecule is CN[C@H](C(=O)N1C(=O)OC[C@H]1Cc1ccccc1)C(C)(C)NC(=O)OC(C)(C)C. The monoisotopic (exact) mass is 405 g/mol. The lowest BCUT2D eigenvalue weighted by Crippen LogP contribution is -2.64. The number of carbonyl (C=O) groups is 3. The number of cyclic esters (lactones) is 1. The smallest absolute Gasteiger partial charge is 0.417 e. The van der Waals surface area contributed by atoms with Gasteiger partial charge in [0.25, 0.3) is 5.91 Å². The summed E-state index contributed by atoms with van der Waals surface area (Å²) >= 11 is 0. The number of carbonyl (C=O) groups excluding carboxylic acids is 3. The first kappa shape index (κ1) is 22.7. The van der Waals surface area contributed by atoms with Crippen LogP contribution in [0.3, 0.4) is 0 Å². The third-order valence-corrected chi connectivity index (χ3v) is 4.59. The number of nitrogens with one attached hydrogen (secondary N) is 2.